The van der Waals surface area contributed by atoms with Crippen LogP contribution in [0.3, 0.4) is 0 Å². The molecule has 9 aromatic rings. The molecule has 0 atom stereocenters. The second-order valence-electron chi connectivity index (χ2n) is 14.2. The number of furan rings is 1. The van der Waals surface area contributed by atoms with Gasteiger partial charge in [0.05, 0.1) is 5.58 Å². The maximum Gasteiger partial charge on any atom is 0.147 e. The van der Waals surface area contributed by atoms with Gasteiger partial charge in [-0.1, -0.05) is 99.2 Å². The van der Waals surface area contributed by atoms with Crippen LogP contribution in [0.15, 0.2) is 120 Å². The molecule has 4 heterocycles. The summed E-state index contributed by atoms with van der Waals surface area (Å²) in [7, 11) is 0. The van der Waals surface area contributed by atoms with E-state index in [-0.39, 0.29) is 64.6 Å². The third kappa shape index (κ3) is 7.47. The van der Waals surface area contributed by atoms with E-state index in [9.17, 15) is 0 Å². The SMILES string of the molecule is [2H]C([2H])([2H])c1c[c-]c(-c2ccc(C([2H])([2H])[2H])cn2)cc1.[2H]C([2H])([2H])c1ccc2ccc3c4cc[c-]c(-c5cc(-c6cc7ccc(C(C)(C)C)cc7cc6C([2H])([2H])[2H])c(C([2H])([2H])[2H])cn5)c4oc3c2n1.[Ir]. The Balaban J connectivity index is 0.000000289. The summed E-state index contributed by atoms with van der Waals surface area (Å²) in [5.74, 6) is 0. The van der Waals surface area contributed by atoms with Crippen molar-refractivity contribution in [3.05, 3.63) is 161 Å². The molecule has 1 radical (unpaired) electrons. The molecule has 0 bridgehead atoms. The molecule has 0 aliphatic heterocycles. The Morgan fingerprint density at radius 1 is 0.618 bits per heavy atom. The average Bonchev–Trinajstić information content (AvgIpc) is 3.66. The molecular formula is C50H43IrN3O-2. The van der Waals surface area contributed by atoms with E-state index in [1.807, 2.05) is 36.4 Å². The van der Waals surface area contributed by atoms with Gasteiger partial charge < -0.3 is 14.4 Å². The molecule has 0 N–H and O–H groups in total. The van der Waals surface area contributed by atoms with Crippen molar-refractivity contribution >= 4 is 43.6 Å². The van der Waals surface area contributed by atoms with Gasteiger partial charge in [-0.15, -0.1) is 53.6 Å². The van der Waals surface area contributed by atoms with Gasteiger partial charge in [-0.3, -0.25) is 0 Å². The standard InChI is InChI=1S/C37H31N2O.C13H12N.Ir/c1-21-16-26-17-27(37(4,5)6)14-12-25(26)18-31(21)32-19-33(38-20-22(32)2)30-9-7-8-28-29-15-13-24-11-10-23(3)39-34(24)36(29)40-35(28)30;1-10-3-6-12(7-4-10)13-8-5-11(2)9-14-13;/h7-8,10-20H,1-6H3;3-6,8-9H,1-2H3;/q2*-1;/i1D3,2D3,3D3;1D3,2D3;. The predicted molar refractivity (Wildman–Crippen MR) is 225 cm³/mol. The fourth-order valence-electron chi connectivity index (χ4n) is 6.51. The zero-order chi connectivity index (χ0) is 50.2. The van der Waals surface area contributed by atoms with Crippen LogP contribution in [0, 0.1) is 46.4 Å². The fraction of sp³-hybridized carbons (Fsp3) is 0.180. The number of rotatable bonds is 3. The van der Waals surface area contributed by atoms with E-state index in [0.717, 1.165) is 16.3 Å². The number of hydrogen-bond donors (Lipinski definition) is 0. The minimum atomic E-state index is -2.60. The monoisotopic (exact) mass is 909 g/mol. The molecule has 4 aromatic heterocycles. The molecule has 0 fully saturated rings. The van der Waals surface area contributed by atoms with E-state index in [4.69, 9.17) is 25.0 Å². The van der Waals surface area contributed by atoms with Crippen LogP contribution in [0.25, 0.3) is 77.3 Å². The zero-order valence-electron chi connectivity index (χ0n) is 45.1. The quantitative estimate of drug-likeness (QED) is 0.166. The van der Waals surface area contributed by atoms with Gasteiger partial charge in [-0.05, 0) is 100 Å². The van der Waals surface area contributed by atoms with Crippen LogP contribution in [0.2, 0.25) is 0 Å². The summed E-state index contributed by atoms with van der Waals surface area (Å²) in [6, 6.07) is 34.9. The van der Waals surface area contributed by atoms with E-state index in [1.165, 1.54) is 36.7 Å². The molecule has 0 amide bonds. The Hall–Kier alpha value is -5.48. The Morgan fingerprint density at radius 2 is 1.40 bits per heavy atom. The minimum absolute atomic E-state index is 0. The van der Waals surface area contributed by atoms with Crippen molar-refractivity contribution in [3.8, 4) is 33.6 Å². The third-order valence-electron chi connectivity index (χ3n) is 9.40. The number of fused-ring (bicyclic) bond motifs is 6. The molecule has 0 aliphatic carbocycles. The summed E-state index contributed by atoms with van der Waals surface area (Å²) in [4.78, 5) is 13.1. The number of aromatic nitrogens is 3. The first-order chi connectivity index (χ1) is 32.0. The van der Waals surface area contributed by atoms with Crippen LogP contribution >= 0.6 is 0 Å². The van der Waals surface area contributed by atoms with Crippen molar-refractivity contribution in [3.63, 3.8) is 0 Å². The maximum atomic E-state index is 8.46. The largest absolute Gasteiger partial charge is 0.498 e. The van der Waals surface area contributed by atoms with Gasteiger partial charge in [0.15, 0.2) is 0 Å². The van der Waals surface area contributed by atoms with Crippen molar-refractivity contribution in [2.45, 2.75) is 60.4 Å². The molecule has 0 saturated heterocycles. The zero-order valence-corrected chi connectivity index (χ0v) is 32.4. The summed E-state index contributed by atoms with van der Waals surface area (Å²) in [6.07, 6.45) is 2.57. The predicted octanol–water partition coefficient (Wildman–Crippen LogP) is 13.2. The van der Waals surface area contributed by atoms with Crippen molar-refractivity contribution in [2.24, 2.45) is 0 Å². The molecule has 4 nitrogen and oxygen atoms in total. The number of hydrogen-bond acceptors (Lipinski definition) is 4. The average molecular weight is 909 g/mol. The van der Waals surface area contributed by atoms with Crippen LogP contribution in [0.4, 0.5) is 0 Å². The summed E-state index contributed by atoms with van der Waals surface area (Å²) >= 11 is 0. The summed E-state index contributed by atoms with van der Waals surface area (Å²) in [5, 5.41) is 3.64. The van der Waals surface area contributed by atoms with Gasteiger partial charge in [-0.2, -0.15) is 0 Å². The van der Waals surface area contributed by atoms with Gasteiger partial charge in [0.1, 0.15) is 11.1 Å². The molecule has 0 unspecified atom stereocenters. The Morgan fingerprint density at radius 3 is 2.15 bits per heavy atom. The Labute approximate surface area is 358 Å². The van der Waals surface area contributed by atoms with Crippen LogP contribution in [-0.2, 0) is 25.5 Å². The molecule has 0 aliphatic rings. The van der Waals surface area contributed by atoms with E-state index in [0.29, 0.717) is 55.4 Å². The number of nitrogens with zero attached hydrogens (tertiary/aromatic N) is 3. The van der Waals surface area contributed by atoms with Crippen molar-refractivity contribution < 1.29 is 45.1 Å². The topological polar surface area (TPSA) is 51.8 Å². The maximum absolute atomic E-state index is 8.46. The third-order valence-corrected chi connectivity index (χ3v) is 9.40. The normalized spacial score (nSPS) is 16.7. The number of benzene rings is 5. The first-order valence-corrected chi connectivity index (χ1v) is 17.2. The van der Waals surface area contributed by atoms with E-state index >= 15 is 0 Å². The molecule has 0 saturated carbocycles. The van der Waals surface area contributed by atoms with Crippen molar-refractivity contribution in [1.29, 1.82) is 0 Å². The molecule has 5 aromatic carbocycles. The van der Waals surface area contributed by atoms with Gasteiger partial charge in [0, 0.05) is 69.5 Å². The molecule has 55 heavy (non-hydrogen) atoms. The van der Waals surface area contributed by atoms with Crippen molar-refractivity contribution in [2.75, 3.05) is 0 Å². The van der Waals surface area contributed by atoms with Crippen LogP contribution in [0.5, 0.6) is 0 Å². The van der Waals surface area contributed by atoms with Gasteiger partial charge in [-0.25, -0.2) is 4.98 Å². The van der Waals surface area contributed by atoms with Crippen LogP contribution < -0.4 is 0 Å². The Bertz CT molecular complexity index is 3350. The van der Waals surface area contributed by atoms with Crippen molar-refractivity contribution in [1.82, 2.24) is 15.0 Å². The molecular weight excluding hydrogens is 851 g/mol. The van der Waals surface area contributed by atoms with Gasteiger partial charge in [0.2, 0.25) is 0 Å². The molecule has 9 rings (SSSR count). The van der Waals surface area contributed by atoms with Crippen LogP contribution in [0.1, 0.15) is 74.8 Å². The Kier molecular flexibility index (Phi) is 6.38. The second-order valence-corrected chi connectivity index (χ2v) is 14.2. The molecule has 275 valence electrons. The second kappa shape index (κ2) is 15.0. The minimum Gasteiger partial charge on any atom is -0.498 e. The summed E-state index contributed by atoms with van der Waals surface area (Å²) in [5.41, 5.74) is 4.76. The first-order valence-electron chi connectivity index (χ1n) is 24.7. The van der Waals surface area contributed by atoms with Crippen LogP contribution in [-0.4, -0.2) is 15.0 Å². The van der Waals surface area contributed by atoms with E-state index in [1.54, 1.807) is 42.5 Å². The van der Waals surface area contributed by atoms with Gasteiger partial charge >= 0.3 is 0 Å². The molecule has 5 heteroatoms. The van der Waals surface area contributed by atoms with E-state index in [2.05, 4.69) is 47.9 Å². The van der Waals surface area contributed by atoms with E-state index < -0.39 is 34.3 Å². The number of aryl methyl sites for hydroxylation is 5. The first kappa shape index (κ1) is 23.4. The number of pyridine rings is 3. The van der Waals surface area contributed by atoms with Gasteiger partial charge in [0.25, 0.3) is 0 Å². The summed E-state index contributed by atoms with van der Waals surface area (Å²) < 4.78 is 124. The molecule has 0 spiro atoms. The fourth-order valence-corrected chi connectivity index (χ4v) is 6.51. The smallest absolute Gasteiger partial charge is 0.147 e. The summed E-state index contributed by atoms with van der Waals surface area (Å²) in [6.45, 7) is -5.64.